The van der Waals surface area contributed by atoms with Gasteiger partial charge in [-0.15, -0.1) is 0 Å². The number of nitrogens with one attached hydrogen (secondary N) is 2. The second-order valence-electron chi connectivity index (χ2n) is 11.2. The normalized spacial score (nSPS) is 12.8. The molecular formula is C31H44ClN3O4S. The minimum atomic E-state index is -0.994. The van der Waals surface area contributed by atoms with Crippen LogP contribution < -0.4 is 10.6 Å². The number of unbranched alkanes of at least 4 members (excludes halogenated alkanes) is 3. The van der Waals surface area contributed by atoms with Gasteiger partial charge in [0.05, 0.1) is 10.7 Å². The highest BCUT2D eigenvalue weighted by Crippen LogP contribution is 2.31. The molecule has 2 unspecified atom stereocenters. The van der Waals surface area contributed by atoms with Crippen LogP contribution in [0.1, 0.15) is 81.7 Å². The first kappa shape index (κ1) is 33.5. The largest absolute Gasteiger partial charge is 0.444 e. The maximum Gasteiger partial charge on any atom is 0.408 e. The molecule has 0 radical (unpaired) electrons. The number of thiol groups is 1. The number of carbonyl (C=O) groups is 3. The fourth-order valence-electron chi connectivity index (χ4n) is 4.40. The summed E-state index contributed by atoms with van der Waals surface area (Å²) >= 11 is 10.8. The first-order chi connectivity index (χ1) is 18.8. The Labute approximate surface area is 249 Å². The third-order valence-electron chi connectivity index (χ3n) is 6.47. The van der Waals surface area contributed by atoms with E-state index in [0.29, 0.717) is 29.2 Å². The number of rotatable bonds is 12. The third kappa shape index (κ3) is 9.73. The molecule has 2 atom stereocenters. The molecule has 9 heteroatoms. The van der Waals surface area contributed by atoms with Gasteiger partial charge in [-0.25, -0.2) is 4.79 Å². The van der Waals surface area contributed by atoms with Gasteiger partial charge in [0, 0.05) is 12.3 Å². The zero-order chi connectivity index (χ0) is 30.0. The maximum atomic E-state index is 14.1. The molecule has 0 fully saturated rings. The molecule has 7 nitrogen and oxygen atoms in total. The minimum Gasteiger partial charge on any atom is -0.444 e. The van der Waals surface area contributed by atoms with Crippen LogP contribution in [0.3, 0.4) is 0 Å². The molecule has 2 N–H and O–H groups in total. The van der Waals surface area contributed by atoms with Crippen molar-refractivity contribution in [2.75, 3.05) is 17.6 Å². The minimum absolute atomic E-state index is 0.0360. The quantitative estimate of drug-likeness (QED) is 0.181. The van der Waals surface area contributed by atoms with Crippen molar-refractivity contribution < 1.29 is 19.1 Å². The van der Waals surface area contributed by atoms with Crippen LogP contribution in [0.25, 0.3) is 0 Å². The molecule has 0 saturated carbocycles. The van der Waals surface area contributed by atoms with Crippen LogP contribution in [0, 0.1) is 20.8 Å². The van der Waals surface area contributed by atoms with E-state index >= 15 is 0 Å². The number of para-hydroxylation sites is 1. The summed E-state index contributed by atoms with van der Waals surface area (Å²) in [7, 11) is 0. The van der Waals surface area contributed by atoms with Gasteiger partial charge in [-0.1, -0.05) is 73.7 Å². The van der Waals surface area contributed by atoms with Crippen molar-refractivity contribution in [3.63, 3.8) is 0 Å². The van der Waals surface area contributed by atoms with Crippen LogP contribution >= 0.6 is 24.2 Å². The summed E-state index contributed by atoms with van der Waals surface area (Å²) in [5.41, 5.74) is 3.11. The standard InChI is InChI=1S/C31H44ClN3O4S/c1-8-9-10-11-17-35(29(37)25(19-40)33-30(38)39-31(5,6)7)27(23-18-20(2)15-16-21(23)3)28(36)34-26-22(4)13-12-14-24(26)32/h12-16,18,25,27,40H,8-11,17,19H2,1-7H3,(H,33,38)(H,34,36). The van der Waals surface area contributed by atoms with E-state index in [2.05, 4.69) is 30.2 Å². The van der Waals surface area contributed by atoms with Gasteiger partial charge >= 0.3 is 6.09 Å². The van der Waals surface area contributed by atoms with Gasteiger partial charge in [0.15, 0.2) is 0 Å². The number of benzene rings is 2. The highest BCUT2D eigenvalue weighted by atomic mass is 35.5. The van der Waals surface area contributed by atoms with Crippen molar-refractivity contribution >= 4 is 47.8 Å². The number of nitrogens with zero attached hydrogens (tertiary/aromatic N) is 1. The van der Waals surface area contributed by atoms with E-state index in [4.69, 9.17) is 16.3 Å². The van der Waals surface area contributed by atoms with Gasteiger partial charge in [0.1, 0.15) is 17.7 Å². The summed E-state index contributed by atoms with van der Waals surface area (Å²) in [6, 6.07) is 9.29. The van der Waals surface area contributed by atoms with E-state index in [1.807, 2.05) is 51.1 Å². The lowest BCUT2D eigenvalue weighted by Gasteiger charge is -2.35. The van der Waals surface area contributed by atoms with Crippen molar-refractivity contribution in [1.82, 2.24) is 10.2 Å². The summed E-state index contributed by atoms with van der Waals surface area (Å²) < 4.78 is 5.40. The Hall–Kier alpha value is -2.71. The van der Waals surface area contributed by atoms with E-state index < -0.39 is 29.7 Å². The first-order valence-corrected chi connectivity index (χ1v) is 14.8. The Bertz CT molecular complexity index is 1160. The van der Waals surface area contributed by atoms with Gasteiger partial charge in [-0.3, -0.25) is 9.59 Å². The zero-order valence-corrected chi connectivity index (χ0v) is 26.4. The molecular weight excluding hydrogens is 546 g/mol. The van der Waals surface area contributed by atoms with E-state index in [0.717, 1.165) is 36.0 Å². The molecule has 2 aromatic carbocycles. The van der Waals surface area contributed by atoms with Crippen LogP contribution in [0.2, 0.25) is 5.02 Å². The van der Waals surface area contributed by atoms with Crippen molar-refractivity contribution in [1.29, 1.82) is 0 Å². The van der Waals surface area contributed by atoms with Crippen molar-refractivity contribution in [3.05, 3.63) is 63.7 Å². The predicted molar refractivity (Wildman–Crippen MR) is 166 cm³/mol. The molecule has 40 heavy (non-hydrogen) atoms. The molecule has 0 saturated heterocycles. The van der Waals surface area contributed by atoms with Crippen LogP contribution in [0.5, 0.6) is 0 Å². The molecule has 2 aromatic rings. The Morgan fingerprint density at radius 3 is 2.33 bits per heavy atom. The molecule has 2 rings (SSSR count). The molecule has 0 aliphatic carbocycles. The molecule has 3 amide bonds. The van der Waals surface area contributed by atoms with E-state index in [9.17, 15) is 14.4 Å². The summed E-state index contributed by atoms with van der Waals surface area (Å²) in [5.74, 6) is -0.757. The molecule has 0 bridgehead atoms. The van der Waals surface area contributed by atoms with Crippen molar-refractivity contribution in [3.8, 4) is 0 Å². The lowest BCUT2D eigenvalue weighted by Crippen LogP contribution is -2.53. The van der Waals surface area contributed by atoms with Crippen LogP contribution in [0.15, 0.2) is 36.4 Å². The fraction of sp³-hybridized carbons (Fsp3) is 0.516. The number of carbonyl (C=O) groups excluding carboxylic acids is 3. The highest BCUT2D eigenvalue weighted by Gasteiger charge is 2.36. The molecule has 0 aliphatic heterocycles. The number of hydrogen-bond acceptors (Lipinski definition) is 5. The average Bonchev–Trinajstić information content (AvgIpc) is 2.87. The number of aryl methyl sites for hydroxylation is 3. The Balaban J connectivity index is 2.58. The van der Waals surface area contributed by atoms with Crippen molar-refractivity contribution in [2.24, 2.45) is 0 Å². The fourth-order valence-corrected chi connectivity index (χ4v) is 4.91. The molecule has 0 aromatic heterocycles. The SMILES string of the molecule is CCCCCCN(C(=O)C(CS)NC(=O)OC(C)(C)C)C(C(=O)Nc1c(C)cccc1Cl)c1cc(C)ccc1C. The number of hydrogen-bond donors (Lipinski definition) is 3. The topological polar surface area (TPSA) is 87.7 Å². The van der Waals surface area contributed by atoms with Crippen molar-refractivity contribution in [2.45, 2.75) is 91.8 Å². The average molecular weight is 590 g/mol. The maximum absolute atomic E-state index is 14.1. The number of ether oxygens (including phenoxy) is 1. The predicted octanol–water partition coefficient (Wildman–Crippen LogP) is 7.18. The summed E-state index contributed by atoms with van der Waals surface area (Å²) in [5, 5.41) is 6.07. The summed E-state index contributed by atoms with van der Waals surface area (Å²) in [6.07, 6.45) is 2.92. The van der Waals surface area contributed by atoms with Gasteiger partial charge in [-0.2, -0.15) is 12.6 Å². The molecule has 0 spiro atoms. The van der Waals surface area contributed by atoms with Gasteiger partial charge in [-0.05, 0) is 70.7 Å². The molecule has 220 valence electrons. The summed E-state index contributed by atoms with van der Waals surface area (Å²) in [6.45, 7) is 13.4. The van der Waals surface area contributed by atoms with Gasteiger partial charge in [0.25, 0.3) is 5.91 Å². The Kier molecular flexibility index (Phi) is 12.8. The number of anilines is 1. The van der Waals surface area contributed by atoms with Crippen LogP contribution in [-0.4, -0.2) is 46.7 Å². The molecule has 0 aliphatic rings. The van der Waals surface area contributed by atoms with Gasteiger partial charge in [0.2, 0.25) is 5.91 Å². The molecule has 0 heterocycles. The van der Waals surface area contributed by atoms with E-state index in [1.54, 1.807) is 31.7 Å². The monoisotopic (exact) mass is 589 g/mol. The second kappa shape index (κ2) is 15.3. The highest BCUT2D eigenvalue weighted by molar-refractivity contribution is 7.80. The number of amides is 3. The summed E-state index contributed by atoms with van der Waals surface area (Å²) in [4.78, 5) is 42.5. The second-order valence-corrected chi connectivity index (χ2v) is 11.9. The lowest BCUT2D eigenvalue weighted by molar-refractivity contribution is -0.140. The third-order valence-corrected chi connectivity index (χ3v) is 7.15. The Morgan fingerprint density at radius 2 is 1.73 bits per heavy atom. The van der Waals surface area contributed by atoms with E-state index in [-0.39, 0.29) is 11.7 Å². The van der Waals surface area contributed by atoms with Crippen LogP contribution in [0.4, 0.5) is 10.5 Å². The smallest absolute Gasteiger partial charge is 0.408 e. The number of alkyl carbamates (subject to hydrolysis) is 1. The van der Waals surface area contributed by atoms with Crippen LogP contribution in [-0.2, 0) is 14.3 Å². The Morgan fingerprint density at radius 1 is 1.02 bits per heavy atom. The zero-order valence-electron chi connectivity index (χ0n) is 24.8. The van der Waals surface area contributed by atoms with E-state index in [1.165, 1.54) is 0 Å². The van der Waals surface area contributed by atoms with Gasteiger partial charge < -0.3 is 20.3 Å². The number of halogens is 1. The first-order valence-electron chi connectivity index (χ1n) is 13.8. The lowest BCUT2D eigenvalue weighted by atomic mass is 9.95.